The Morgan fingerprint density at radius 1 is 1.10 bits per heavy atom. The molecule has 0 aliphatic carbocycles. The minimum absolute atomic E-state index is 0.130. The second-order valence-electron chi connectivity index (χ2n) is 3.75. The highest BCUT2D eigenvalue weighted by atomic mass is 16.6. The molecule has 0 rings (SSSR count). The normalized spacial score (nSPS) is 10.6. The molecule has 0 heterocycles. The van der Waals surface area contributed by atoms with E-state index < -0.39 is 18.2 Å². The fourth-order valence-corrected chi connectivity index (χ4v) is 1.38. The molecular weight excluding hydrogens is 280 g/mol. The van der Waals surface area contributed by atoms with E-state index in [0.717, 1.165) is 5.01 Å². The zero-order chi connectivity index (χ0) is 16.3. The van der Waals surface area contributed by atoms with Crippen molar-refractivity contribution in [3.63, 3.8) is 0 Å². The standard InChI is InChI=1S/C13H22N2O6/c1-5-8-10(11(16)19-4)9-15(13(18)21-7-3)14-12(17)20-6-2/h8H,5-7,9H2,1-4H3,(H,14,17)/b10-8-. The van der Waals surface area contributed by atoms with Crippen LogP contribution < -0.4 is 5.43 Å². The molecule has 0 atom stereocenters. The molecule has 2 amide bonds. The average Bonchev–Trinajstić information content (AvgIpc) is 2.45. The van der Waals surface area contributed by atoms with Crippen LogP contribution in [-0.4, -0.2) is 50.0 Å². The third-order valence-corrected chi connectivity index (χ3v) is 2.22. The summed E-state index contributed by atoms with van der Waals surface area (Å²) in [4.78, 5) is 34.8. The van der Waals surface area contributed by atoms with Crippen molar-refractivity contribution < 1.29 is 28.6 Å². The number of carbonyl (C=O) groups excluding carboxylic acids is 3. The van der Waals surface area contributed by atoms with E-state index in [1.54, 1.807) is 19.9 Å². The molecule has 0 aromatic heterocycles. The minimum atomic E-state index is -0.814. The van der Waals surface area contributed by atoms with Gasteiger partial charge in [0.1, 0.15) is 0 Å². The first kappa shape index (κ1) is 18.8. The van der Waals surface area contributed by atoms with E-state index in [9.17, 15) is 14.4 Å². The van der Waals surface area contributed by atoms with Gasteiger partial charge in [-0.1, -0.05) is 13.0 Å². The molecule has 120 valence electrons. The number of methoxy groups -OCH3 is 1. The molecule has 1 N–H and O–H groups in total. The Morgan fingerprint density at radius 2 is 1.71 bits per heavy atom. The number of rotatable bonds is 6. The van der Waals surface area contributed by atoms with Crippen LogP contribution in [-0.2, 0) is 19.0 Å². The van der Waals surface area contributed by atoms with Gasteiger partial charge in [0.05, 0.1) is 32.4 Å². The molecule has 0 aromatic carbocycles. The number of ether oxygens (including phenoxy) is 3. The van der Waals surface area contributed by atoms with Crippen LogP contribution in [0.3, 0.4) is 0 Å². The number of esters is 1. The number of hydrogen-bond acceptors (Lipinski definition) is 6. The quantitative estimate of drug-likeness (QED) is 0.347. The number of amides is 2. The van der Waals surface area contributed by atoms with Gasteiger partial charge < -0.3 is 14.2 Å². The van der Waals surface area contributed by atoms with E-state index in [0.29, 0.717) is 6.42 Å². The number of nitrogens with one attached hydrogen (secondary N) is 1. The highest BCUT2D eigenvalue weighted by Gasteiger charge is 2.22. The number of allylic oxidation sites excluding steroid dienone is 1. The molecule has 0 spiro atoms. The summed E-state index contributed by atoms with van der Waals surface area (Å²) in [5, 5.41) is 0.861. The molecule has 8 nitrogen and oxygen atoms in total. The smallest absolute Gasteiger partial charge is 0.429 e. The summed E-state index contributed by atoms with van der Waals surface area (Å²) in [7, 11) is 1.24. The minimum Gasteiger partial charge on any atom is -0.466 e. The predicted molar refractivity (Wildman–Crippen MR) is 74.3 cm³/mol. The van der Waals surface area contributed by atoms with Crippen molar-refractivity contribution in [1.29, 1.82) is 0 Å². The lowest BCUT2D eigenvalue weighted by molar-refractivity contribution is -0.136. The Balaban J connectivity index is 5.01. The maximum absolute atomic E-state index is 11.8. The summed E-state index contributed by atoms with van der Waals surface area (Å²) in [6.45, 7) is 5.19. The second-order valence-corrected chi connectivity index (χ2v) is 3.75. The van der Waals surface area contributed by atoms with E-state index in [4.69, 9.17) is 9.47 Å². The lowest BCUT2D eigenvalue weighted by Crippen LogP contribution is -2.48. The van der Waals surface area contributed by atoms with Crippen LogP contribution in [0.4, 0.5) is 9.59 Å². The predicted octanol–water partition coefficient (Wildman–Crippen LogP) is 1.62. The van der Waals surface area contributed by atoms with E-state index in [1.807, 2.05) is 6.92 Å². The highest BCUT2D eigenvalue weighted by molar-refractivity contribution is 5.89. The van der Waals surface area contributed by atoms with Crippen molar-refractivity contribution in [1.82, 2.24) is 10.4 Å². The summed E-state index contributed by atoms with van der Waals surface area (Å²) >= 11 is 0. The molecule has 21 heavy (non-hydrogen) atoms. The molecule has 0 radical (unpaired) electrons. The summed E-state index contributed by atoms with van der Waals surface area (Å²) in [5.74, 6) is -0.586. The highest BCUT2D eigenvalue weighted by Crippen LogP contribution is 2.04. The van der Waals surface area contributed by atoms with Crippen LogP contribution in [0, 0.1) is 0 Å². The van der Waals surface area contributed by atoms with Crippen molar-refractivity contribution in [2.24, 2.45) is 0 Å². The van der Waals surface area contributed by atoms with Crippen molar-refractivity contribution in [3.8, 4) is 0 Å². The van der Waals surface area contributed by atoms with Gasteiger partial charge in [-0.2, -0.15) is 0 Å². The summed E-state index contributed by atoms with van der Waals surface area (Å²) in [5.41, 5.74) is 2.45. The van der Waals surface area contributed by atoms with Crippen LogP contribution >= 0.6 is 0 Å². The first-order chi connectivity index (χ1) is 9.99. The van der Waals surface area contributed by atoms with Crippen LogP contribution in [0.2, 0.25) is 0 Å². The van der Waals surface area contributed by atoms with Crippen LogP contribution in [0.15, 0.2) is 11.6 Å². The molecule has 0 unspecified atom stereocenters. The van der Waals surface area contributed by atoms with Gasteiger partial charge >= 0.3 is 18.2 Å². The van der Waals surface area contributed by atoms with Crippen molar-refractivity contribution >= 4 is 18.2 Å². The SMILES string of the molecule is CC/C=C(/CN(NC(=O)OCC)C(=O)OCC)C(=O)OC. The molecule has 0 saturated heterocycles. The number of hydrazine groups is 1. The van der Waals surface area contributed by atoms with Crippen molar-refractivity contribution in [2.75, 3.05) is 26.9 Å². The van der Waals surface area contributed by atoms with Gasteiger partial charge in [-0.25, -0.2) is 24.8 Å². The van der Waals surface area contributed by atoms with Crippen LogP contribution in [0.1, 0.15) is 27.2 Å². The fourth-order valence-electron chi connectivity index (χ4n) is 1.38. The molecule has 0 aliphatic heterocycles. The molecule has 0 fully saturated rings. The first-order valence-electron chi connectivity index (χ1n) is 6.65. The Morgan fingerprint density at radius 3 is 2.19 bits per heavy atom. The fraction of sp³-hybridized carbons (Fsp3) is 0.615. The van der Waals surface area contributed by atoms with E-state index in [2.05, 4.69) is 10.2 Å². The summed E-state index contributed by atoms with van der Waals surface area (Å²) in [6.07, 6.45) is 0.563. The van der Waals surface area contributed by atoms with Gasteiger partial charge in [0.15, 0.2) is 0 Å². The second kappa shape index (κ2) is 10.5. The maximum Gasteiger partial charge on any atom is 0.429 e. The molecular formula is C13H22N2O6. The van der Waals surface area contributed by atoms with Gasteiger partial charge in [0.2, 0.25) is 0 Å². The Hall–Kier alpha value is -2.25. The maximum atomic E-state index is 11.8. The van der Waals surface area contributed by atoms with Crippen molar-refractivity contribution in [3.05, 3.63) is 11.6 Å². The Bertz CT molecular complexity index is 394. The third kappa shape index (κ3) is 7.19. The average molecular weight is 302 g/mol. The van der Waals surface area contributed by atoms with Gasteiger partial charge in [0.25, 0.3) is 0 Å². The summed E-state index contributed by atoms with van der Waals surface area (Å²) < 4.78 is 14.1. The number of carbonyl (C=O) groups is 3. The number of hydrogen-bond donors (Lipinski definition) is 1. The van der Waals surface area contributed by atoms with Gasteiger partial charge in [-0.05, 0) is 20.3 Å². The largest absolute Gasteiger partial charge is 0.466 e. The number of nitrogens with zero attached hydrogens (tertiary/aromatic N) is 1. The van der Waals surface area contributed by atoms with Gasteiger partial charge in [-0.3, -0.25) is 0 Å². The van der Waals surface area contributed by atoms with Crippen molar-refractivity contribution in [2.45, 2.75) is 27.2 Å². The Kier molecular flexibility index (Phi) is 9.40. The Labute approximate surface area is 124 Å². The van der Waals surface area contributed by atoms with Crippen LogP contribution in [0.5, 0.6) is 0 Å². The lowest BCUT2D eigenvalue weighted by atomic mass is 10.2. The van der Waals surface area contributed by atoms with Crippen LogP contribution in [0.25, 0.3) is 0 Å². The van der Waals surface area contributed by atoms with E-state index in [-0.39, 0.29) is 25.3 Å². The van der Waals surface area contributed by atoms with E-state index in [1.165, 1.54) is 7.11 Å². The zero-order valence-corrected chi connectivity index (χ0v) is 12.8. The van der Waals surface area contributed by atoms with Gasteiger partial charge in [-0.15, -0.1) is 0 Å². The third-order valence-electron chi connectivity index (χ3n) is 2.22. The van der Waals surface area contributed by atoms with E-state index >= 15 is 0 Å². The molecule has 0 bridgehead atoms. The lowest BCUT2D eigenvalue weighted by Gasteiger charge is -2.22. The zero-order valence-electron chi connectivity index (χ0n) is 12.8. The first-order valence-corrected chi connectivity index (χ1v) is 6.65. The molecule has 8 heteroatoms. The monoisotopic (exact) mass is 302 g/mol. The van der Waals surface area contributed by atoms with Gasteiger partial charge in [0, 0.05) is 0 Å². The summed E-state index contributed by atoms with van der Waals surface area (Å²) in [6, 6.07) is 0. The molecule has 0 aromatic rings. The molecule has 0 aliphatic rings. The topological polar surface area (TPSA) is 94.2 Å². The molecule has 0 saturated carbocycles.